The van der Waals surface area contributed by atoms with Gasteiger partial charge in [0.2, 0.25) is 5.91 Å². The number of aliphatic hydroxyl groups is 1. The molecule has 0 bridgehead atoms. The number of hydrogen-bond acceptors (Lipinski definition) is 5. The van der Waals surface area contributed by atoms with Crippen LogP contribution in [0.5, 0.6) is 11.5 Å². The predicted molar refractivity (Wildman–Crippen MR) is 75.8 cm³/mol. The van der Waals surface area contributed by atoms with Gasteiger partial charge in [-0.1, -0.05) is 0 Å². The summed E-state index contributed by atoms with van der Waals surface area (Å²) in [4.78, 5) is 11.5. The van der Waals surface area contributed by atoms with Gasteiger partial charge in [0, 0.05) is 18.5 Å². The number of hydrogen-bond donors (Lipinski definition) is 3. The van der Waals surface area contributed by atoms with Gasteiger partial charge in [0.25, 0.3) is 0 Å². The molecule has 6 nitrogen and oxygen atoms in total. The maximum Gasteiger partial charge on any atom is 0.220 e. The molecule has 0 aliphatic rings. The number of nitrogens with two attached hydrogens (primary N) is 1. The van der Waals surface area contributed by atoms with E-state index in [1.54, 1.807) is 25.3 Å². The fourth-order valence-corrected chi connectivity index (χ4v) is 1.77. The molecule has 0 spiro atoms. The zero-order chi connectivity index (χ0) is 15.0. The molecule has 6 heteroatoms. The first-order valence-electron chi connectivity index (χ1n) is 6.49. The topological polar surface area (TPSA) is 93.8 Å². The number of methoxy groups -OCH3 is 2. The molecule has 1 amide bonds. The van der Waals surface area contributed by atoms with Crippen LogP contribution in [0.3, 0.4) is 0 Å². The van der Waals surface area contributed by atoms with Gasteiger partial charge < -0.3 is 25.6 Å². The zero-order valence-electron chi connectivity index (χ0n) is 11.9. The summed E-state index contributed by atoms with van der Waals surface area (Å²) in [5, 5.41) is 12.8. The largest absolute Gasteiger partial charge is 0.497 e. The van der Waals surface area contributed by atoms with Gasteiger partial charge in [0.05, 0.1) is 20.3 Å². The number of rotatable bonds is 8. The Morgan fingerprint density at radius 3 is 2.75 bits per heavy atom. The van der Waals surface area contributed by atoms with Gasteiger partial charge in [-0.15, -0.1) is 0 Å². The molecule has 0 saturated heterocycles. The minimum atomic E-state index is -0.859. The summed E-state index contributed by atoms with van der Waals surface area (Å²) in [5.41, 5.74) is 5.91. The fourth-order valence-electron chi connectivity index (χ4n) is 1.77. The number of ether oxygens (including phenoxy) is 2. The van der Waals surface area contributed by atoms with Crippen molar-refractivity contribution >= 4 is 5.91 Å². The van der Waals surface area contributed by atoms with Gasteiger partial charge in [0.1, 0.15) is 11.5 Å². The average molecular weight is 282 g/mol. The van der Waals surface area contributed by atoms with Gasteiger partial charge >= 0.3 is 0 Å². The smallest absolute Gasteiger partial charge is 0.220 e. The highest BCUT2D eigenvalue weighted by Gasteiger charge is 2.15. The summed E-state index contributed by atoms with van der Waals surface area (Å²) in [6, 6.07) is 5.15. The lowest BCUT2D eigenvalue weighted by Gasteiger charge is -2.16. The van der Waals surface area contributed by atoms with E-state index in [9.17, 15) is 9.90 Å². The van der Waals surface area contributed by atoms with E-state index in [0.717, 1.165) is 0 Å². The molecule has 1 unspecified atom stereocenters. The highest BCUT2D eigenvalue weighted by molar-refractivity contribution is 5.75. The zero-order valence-corrected chi connectivity index (χ0v) is 11.9. The minimum Gasteiger partial charge on any atom is -0.497 e. The summed E-state index contributed by atoms with van der Waals surface area (Å²) in [5.74, 6) is 1.04. The second kappa shape index (κ2) is 8.39. The number of carbonyl (C=O) groups is 1. The van der Waals surface area contributed by atoms with Gasteiger partial charge in [-0.3, -0.25) is 4.79 Å². The van der Waals surface area contributed by atoms with Crippen molar-refractivity contribution in [2.24, 2.45) is 5.73 Å². The maximum absolute atomic E-state index is 11.5. The van der Waals surface area contributed by atoms with Crippen molar-refractivity contribution in [1.82, 2.24) is 5.32 Å². The molecule has 4 N–H and O–H groups in total. The molecule has 0 fully saturated rings. The van der Waals surface area contributed by atoms with Gasteiger partial charge in [-0.2, -0.15) is 0 Å². The van der Waals surface area contributed by atoms with Gasteiger partial charge in [-0.05, 0) is 31.2 Å². The van der Waals surface area contributed by atoms with Crippen molar-refractivity contribution in [3.05, 3.63) is 23.8 Å². The van der Waals surface area contributed by atoms with Crippen LogP contribution in [0.1, 0.15) is 24.5 Å². The first kappa shape index (κ1) is 16.3. The second-order valence-corrected chi connectivity index (χ2v) is 4.32. The van der Waals surface area contributed by atoms with Crippen LogP contribution in [0, 0.1) is 0 Å². The summed E-state index contributed by atoms with van der Waals surface area (Å²) in [7, 11) is 3.07. The molecule has 1 aromatic carbocycles. The molecule has 0 heterocycles. The Labute approximate surface area is 118 Å². The van der Waals surface area contributed by atoms with Crippen LogP contribution in [0.15, 0.2) is 18.2 Å². The molecule has 1 aromatic rings. The van der Waals surface area contributed by atoms with Crippen molar-refractivity contribution in [1.29, 1.82) is 0 Å². The Bertz CT molecular complexity index is 437. The third kappa shape index (κ3) is 4.71. The van der Waals surface area contributed by atoms with Crippen LogP contribution in [-0.4, -0.2) is 38.3 Å². The third-order valence-electron chi connectivity index (χ3n) is 2.90. The van der Waals surface area contributed by atoms with Gasteiger partial charge in [-0.25, -0.2) is 0 Å². The van der Waals surface area contributed by atoms with Crippen LogP contribution >= 0.6 is 0 Å². The first-order chi connectivity index (χ1) is 9.62. The summed E-state index contributed by atoms with van der Waals surface area (Å²) >= 11 is 0. The molecule has 0 aliphatic heterocycles. The van der Waals surface area contributed by atoms with E-state index in [-0.39, 0.29) is 12.5 Å². The highest BCUT2D eigenvalue weighted by Crippen LogP contribution is 2.28. The molecule has 1 rings (SSSR count). The average Bonchev–Trinajstić information content (AvgIpc) is 2.49. The highest BCUT2D eigenvalue weighted by atomic mass is 16.5. The summed E-state index contributed by atoms with van der Waals surface area (Å²) in [6.07, 6.45) is 0.130. The second-order valence-electron chi connectivity index (χ2n) is 4.32. The summed E-state index contributed by atoms with van der Waals surface area (Å²) in [6.45, 7) is 0.590. The molecular weight excluding hydrogens is 260 g/mol. The Morgan fingerprint density at radius 2 is 2.15 bits per heavy atom. The van der Waals surface area contributed by atoms with Crippen LogP contribution in [0.4, 0.5) is 0 Å². The van der Waals surface area contributed by atoms with Crippen molar-refractivity contribution in [3.8, 4) is 11.5 Å². The molecule has 0 saturated carbocycles. The standard InChI is InChI=1S/C14H22N2O4/c1-19-10-5-6-13(20-2)11(8-10)12(17)9-16-14(18)4-3-7-15/h5-6,8,12,17H,3-4,7,9,15H2,1-2H3,(H,16,18). The van der Waals surface area contributed by atoms with Crippen LogP contribution < -0.4 is 20.5 Å². The Hall–Kier alpha value is -1.79. The van der Waals surface area contributed by atoms with E-state index in [1.165, 1.54) is 7.11 Å². The normalized spacial score (nSPS) is 11.8. The van der Waals surface area contributed by atoms with E-state index in [2.05, 4.69) is 5.32 Å². The Morgan fingerprint density at radius 1 is 1.40 bits per heavy atom. The lowest BCUT2D eigenvalue weighted by atomic mass is 10.1. The van der Waals surface area contributed by atoms with E-state index < -0.39 is 6.10 Å². The lowest BCUT2D eigenvalue weighted by Crippen LogP contribution is -2.28. The molecule has 0 aliphatic carbocycles. The molecule has 1 atom stereocenters. The van der Waals surface area contributed by atoms with Crippen molar-refractivity contribution in [2.75, 3.05) is 27.3 Å². The minimum absolute atomic E-state index is 0.118. The number of nitrogens with one attached hydrogen (secondary N) is 1. The summed E-state index contributed by atoms with van der Waals surface area (Å²) < 4.78 is 10.3. The van der Waals surface area contributed by atoms with Crippen LogP contribution in [-0.2, 0) is 4.79 Å². The predicted octanol–water partition coefficient (Wildman–Crippen LogP) is 0.592. The van der Waals surface area contributed by atoms with Crippen molar-refractivity contribution in [3.63, 3.8) is 0 Å². The quantitative estimate of drug-likeness (QED) is 0.649. The number of benzene rings is 1. The molecule has 0 aromatic heterocycles. The number of amides is 1. The Balaban J connectivity index is 2.66. The monoisotopic (exact) mass is 282 g/mol. The van der Waals surface area contributed by atoms with E-state index >= 15 is 0 Å². The van der Waals surface area contributed by atoms with Crippen molar-refractivity contribution in [2.45, 2.75) is 18.9 Å². The Kier molecular flexibility index (Phi) is 6.83. The SMILES string of the molecule is COc1ccc(OC)c(C(O)CNC(=O)CCCN)c1. The fraction of sp³-hybridized carbons (Fsp3) is 0.500. The molecule has 0 radical (unpaired) electrons. The van der Waals surface area contributed by atoms with E-state index in [4.69, 9.17) is 15.2 Å². The third-order valence-corrected chi connectivity index (χ3v) is 2.90. The maximum atomic E-state index is 11.5. The van der Waals surface area contributed by atoms with E-state index in [1.807, 2.05) is 0 Å². The van der Waals surface area contributed by atoms with Crippen LogP contribution in [0.25, 0.3) is 0 Å². The number of aliphatic hydroxyl groups excluding tert-OH is 1. The van der Waals surface area contributed by atoms with Crippen LogP contribution in [0.2, 0.25) is 0 Å². The van der Waals surface area contributed by atoms with Crippen molar-refractivity contribution < 1.29 is 19.4 Å². The van der Waals surface area contributed by atoms with Gasteiger partial charge in [0.15, 0.2) is 0 Å². The molecule has 112 valence electrons. The van der Waals surface area contributed by atoms with E-state index in [0.29, 0.717) is 36.4 Å². The molecule has 20 heavy (non-hydrogen) atoms. The first-order valence-corrected chi connectivity index (χ1v) is 6.49. The number of carbonyl (C=O) groups excluding carboxylic acids is 1. The molecular formula is C14H22N2O4. The lowest BCUT2D eigenvalue weighted by molar-refractivity contribution is -0.121.